The minimum Gasteiger partial charge on any atom is -0.497 e. The molecule has 0 rings (SSSR count). The third kappa shape index (κ3) is 3.26. The molecular formula is C10H18O. The quantitative estimate of drug-likeness (QED) is 0.448. The molecule has 0 atom stereocenters. The lowest BCUT2D eigenvalue weighted by atomic mass is 10.0. The highest BCUT2D eigenvalue weighted by Crippen LogP contribution is 2.15. The van der Waals surface area contributed by atoms with Gasteiger partial charge in [-0.05, 0) is 31.4 Å². The van der Waals surface area contributed by atoms with E-state index in [1.54, 1.807) is 7.11 Å². The van der Waals surface area contributed by atoms with E-state index < -0.39 is 0 Å². The Bertz CT molecular complexity index is 164. The maximum absolute atomic E-state index is 5.21. The van der Waals surface area contributed by atoms with Crippen molar-refractivity contribution >= 4 is 0 Å². The van der Waals surface area contributed by atoms with Crippen LogP contribution in [-0.2, 0) is 4.74 Å². The first-order chi connectivity index (χ1) is 5.13. The van der Waals surface area contributed by atoms with Crippen molar-refractivity contribution in [2.75, 3.05) is 7.11 Å². The third-order valence-corrected chi connectivity index (χ3v) is 1.79. The first-order valence-electron chi connectivity index (χ1n) is 4.01. The maximum atomic E-state index is 5.21. The molecule has 0 aliphatic rings. The Morgan fingerprint density at radius 2 is 1.91 bits per heavy atom. The van der Waals surface area contributed by atoms with Gasteiger partial charge in [0.05, 0.1) is 7.11 Å². The van der Waals surface area contributed by atoms with E-state index in [2.05, 4.69) is 20.8 Å². The molecule has 1 nitrogen and oxygen atoms in total. The molecule has 0 aliphatic heterocycles. The summed E-state index contributed by atoms with van der Waals surface area (Å²) in [4.78, 5) is 0. The van der Waals surface area contributed by atoms with E-state index in [1.807, 2.05) is 19.1 Å². The van der Waals surface area contributed by atoms with E-state index in [4.69, 9.17) is 4.74 Å². The molecule has 0 unspecified atom stereocenters. The van der Waals surface area contributed by atoms with Gasteiger partial charge in [-0.1, -0.05) is 19.9 Å². The first kappa shape index (κ1) is 10.3. The summed E-state index contributed by atoms with van der Waals surface area (Å²) in [5, 5.41) is 0. The van der Waals surface area contributed by atoms with Crippen molar-refractivity contribution in [3.63, 3.8) is 0 Å². The van der Waals surface area contributed by atoms with Gasteiger partial charge in [-0.3, -0.25) is 0 Å². The first-order valence-corrected chi connectivity index (χ1v) is 4.01. The van der Waals surface area contributed by atoms with E-state index in [-0.39, 0.29) is 0 Å². The molecule has 0 radical (unpaired) electrons. The highest BCUT2D eigenvalue weighted by Gasteiger charge is 2.02. The van der Waals surface area contributed by atoms with E-state index in [0.29, 0.717) is 5.92 Å². The Kier molecular flexibility index (Phi) is 4.67. The van der Waals surface area contributed by atoms with Crippen LogP contribution in [0.5, 0.6) is 0 Å². The highest BCUT2D eigenvalue weighted by atomic mass is 16.5. The SMILES string of the molecule is C/C=C\C(OC)=C(/C)C(C)C. The van der Waals surface area contributed by atoms with Gasteiger partial charge in [-0.25, -0.2) is 0 Å². The summed E-state index contributed by atoms with van der Waals surface area (Å²) in [5.41, 5.74) is 1.30. The highest BCUT2D eigenvalue weighted by molar-refractivity contribution is 5.19. The topological polar surface area (TPSA) is 9.23 Å². The summed E-state index contributed by atoms with van der Waals surface area (Å²) in [6.07, 6.45) is 3.99. The maximum Gasteiger partial charge on any atom is 0.117 e. The summed E-state index contributed by atoms with van der Waals surface area (Å²) >= 11 is 0. The normalized spacial score (nSPS) is 14.0. The third-order valence-electron chi connectivity index (χ3n) is 1.79. The second-order valence-electron chi connectivity index (χ2n) is 2.91. The number of hydrogen-bond acceptors (Lipinski definition) is 1. The number of ether oxygens (including phenoxy) is 1. The van der Waals surface area contributed by atoms with Gasteiger partial charge in [0.15, 0.2) is 0 Å². The molecule has 0 aromatic rings. The Labute approximate surface area is 69.8 Å². The molecule has 0 saturated carbocycles. The van der Waals surface area contributed by atoms with Gasteiger partial charge in [-0.15, -0.1) is 0 Å². The minimum atomic E-state index is 0.557. The molecule has 64 valence electrons. The Morgan fingerprint density at radius 3 is 2.18 bits per heavy atom. The summed E-state index contributed by atoms with van der Waals surface area (Å²) in [5.74, 6) is 1.55. The molecule has 0 amide bonds. The van der Waals surface area contributed by atoms with Crippen LogP contribution in [0.15, 0.2) is 23.5 Å². The van der Waals surface area contributed by atoms with Gasteiger partial charge in [-0.2, -0.15) is 0 Å². The van der Waals surface area contributed by atoms with Crippen LogP contribution >= 0.6 is 0 Å². The van der Waals surface area contributed by atoms with Crippen molar-refractivity contribution < 1.29 is 4.74 Å². The number of allylic oxidation sites excluding steroid dienone is 3. The molecule has 11 heavy (non-hydrogen) atoms. The summed E-state index contributed by atoms with van der Waals surface area (Å²) in [7, 11) is 1.71. The van der Waals surface area contributed by atoms with Gasteiger partial charge in [0.1, 0.15) is 5.76 Å². The van der Waals surface area contributed by atoms with Gasteiger partial charge in [0.25, 0.3) is 0 Å². The Morgan fingerprint density at radius 1 is 1.36 bits per heavy atom. The lowest BCUT2D eigenvalue weighted by Crippen LogP contribution is -1.95. The average Bonchev–Trinajstić information content (AvgIpc) is 1.98. The van der Waals surface area contributed by atoms with Crippen LogP contribution in [0.4, 0.5) is 0 Å². The smallest absolute Gasteiger partial charge is 0.117 e. The van der Waals surface area contributed by atoms with Crippen LogP contribution in [0.2, 0.25) is 0 Å². The Balaban J connectivity index is 4.53. The largest absolute Gasteiger partial charge is 0.497 e. The number of hydrogen-bond donors (Lipinski definition) is 0. The monoisotopic (exact) mass is 154 g/mol. The molecule has 0 heterocycles. The van der Waals surface area contributed by atoms with Gasteiger partial charge >= 0.3 is 0 Å². The molecule has 0 saturated heterocycles. The van der Waals surface area contributed by atoms with Crippen LogP contribution in [0, 0.1) is 5.92 Å². The molecule has 0 bridgehead atoms. The fourth-order valence-electron chi connectivity index (χ4n) is 0.796. The zero-order valence-corrected chi connectivity index (χ0v) is 8.14. The lowest BCUT2D eigenvalue weighted by Gasteiger charge is -2.09. The minimum absolute atomic E-state index is 0.557. The second-order valence-corrected chi connectivity index (χ2v) is 2.91. The van der Waals surface area contributed by atoms with Gasteiger partial charge < -0.3 is 4.74 Å². The fraction of sp³-hybridized carbons (Fsp3) is 0.600. The summed E-state index contributed by atoms with van der Waals surface area (Å²) in [6.45, 7) is 8.42. The zero-order chi connectivity index (χ0) is 8.85. The van der Waals surface area contributed by atoms with Gasteiger partial charge in [0, 0.05) is 0 Å². The molecule has 0 aromatic carbocycles. The van der Waals surface area contributed by atoms with Crippen molar-refractivity contribution in [1.29, 1.82) is 0 Å². The average molecular weight is 154 g/mol. The van der Waals surface area contributed by atoms with E-state index in [9.17, 15) is 0 Å². The number of rotatable bonds is 3. The van der Waals surface area contributed by atoms with Crippen molar-refractivity contribution in [3.05, 3.63) is 23.5 Å². The van der Waals surface area contributed by atoms with Crippen LogP contribution < -0.4 is 0 Å². The summed E-state index contributed by atoms with van der Waals surface area (Å²) < 4.78 is 5.21. The van der Waals surface area contributed by atoms with Crippen molar-refractivity contribution in [2.24, 2.45) is 5.92 Å². The molecule has 0 N–H and O–H groups in total. The van der Waals surface area contributed by atoms with Crippen LogP contribution in [0.3, 0.4) is 0 Å². The molecule has 0 fully saturated rings. The molecule has 1 heteroatoms. The summed E-state index contributed by atoms with van der Waals surface area (Å²) in [6, 6.07) is 0. The van der Waals surface area contributed by atoms with E-state index in [1.165, 1.54) is 5.57 Å². The van der Waals surface area contributed by atoms with Crippen LogP contribution in [0.25, 0.3) is 0 Å². The second kappa shape index (κ2) is 5.00. The van der Waals surface area contributed by atoms with Crippen molar-refractivity contribution in [2.45, 2.75) is 27.7 Å². The van der Waals surface area contributed by atoms with E-state index in [0.717, 1.165) is 5.76 Å². The predicted octanol–water partition coefficient (Wildman–Crippen LogP) is 3.14. The number of methoxy groups -OCH3 is 1. The zero-order valence-electron chi connectivity index (χ0n) is 8.14. The fourth-order valence-corrected chi connectivity index (χ4v) is 0.796. The predicted molar refractivity (Wildman–Crippen MR) is 49.4 cm³/mol. The van der Waals surface area contributed by atoms with Crippen molar-refractivity contribution in [3.8, 4) is 0 Å². The lowest BCUT2D eigenvalue weighted by molar-refractivity contribution is 0.298. The van der Waals surface area contributed by atoms with Crippen LogP contribution in [0.1, 0.15) is 27.7 Å². The standard InChI is InChI=1S/C10H18O/c1-6-7-10(11-5)9(4)8(2)3/h6-8H,1-5H3/b7-6-,10-9-. The molecule has 0 aliphatic carbocycles. The van der Waals surface area contributed by atoms with Gasteiger partial charge in [0.2, 0.25) is 0 Å². The van der Waals surface area contributed by atoms with Crippen molar-refractivity contribution in [1.82, 2.24) is 0 Å². The Hall–Kier alpha value is -0.720. The van der Waals surface area contributed by atoms with E-state index >= 15 is 0 Å². The molecule has 0 aromatic heterocycles. The van der Waals surface area contributed by atoms with Crippen LogP contribution in [-0.4, -0.2) is 7.11 Å². The molecular weight excluding hydrogens is 136 g/mol. The molecule has 0 spiro atoms.